The summed E-state index contributed by atoms with van der Waals surface area (Å²) >= 11 is 0. The van der Waals surface area contributed by atoms with E-state index in [2.05, 4.69) is 30.5 Å². The zero-order chi connectivity index (χ0) is 9.84. The second kappa shape index (κ2) is 4.42. The van der Waals surface area contributed by atoms with Gasteiger partial charge in [-0.05, 0) is 39.3 Å². The molecule has 1 aromatic heterocycles. The number of hydrogen-bond donors (Lipinski definition) is 1. The first kappa shape index (κ1) is 10.3. The molecule has 3 heteroatoms. The van der Waals surface area contributed by atoms with Crippen molar-refractivity contribution in [2.24, 2.45) is 7.05 Å². The Labute approximate surface area is 80.1 Å². The molecule has 13 heavy (non-hydrogen) atoms. The minimum absolute atomic E-state index is 0.583. The highest BCUT2D eigenvalue weighted by molar-refractivity contribution is 5.15. The Kier molecular flexibility index (Phi) is 3.48. The number of rotatable bonds is 4. The molecule has 1 rings (SSSR count). The first-order chi connectivity index (χ1) is 6.13. The first-order valence-electron chi connectivity index (χ1n) is 4.80. The van der Waals surface area contributed by atoms with Crippen LogP contribution < -0.4 is 5.32 Å². The lowest BCUT2D eigenvalue weighted by Crippen LogP contribution is -2.21. The second-order valence-corrected chi connectivity index (χ2v) is 3.64. The summed E-state index contributed by atoms with van der Waals surface area (Å²) in [6, 6.07) is 0.583. The Morgan fingerprint density at radius 3 is 2.77 bits per heavy atom. The van der Waals surface area contributed by atoms with Crippen LogP contribution in [0.15, 0.2) is 6.20 Å². The Morgan fingerprint density at radius 2 is 2.31 bits per heavy atom. The van der Waals surface area contributed by atoms with Gasteiger partial charge in [0.2, 0.25) is 0 Å². The van der Waals surface area contributed by atoms with E-state index in [4.69, 9.17) is 0 Å². The molecular formula is C10H19N3. The van der Waals surface area contributed by atoms with Gasteiger partial charge in [0.15, 0.2) is 0 Å². The van der Waals surface area contributed by atoms with Gasteiger partial charge in [-0.25, -0.2) is 0 Å². The molecule has 1 N–H and O–H groups in total. The normalized spacial score (nSPS) is 13.2. The Hall–Kier alpha value is -0.830. The van der Waals surface area contributed by atoms with Crippen LogP contribution in [0.1, 0.15) is 24.6 Å². The summed E-state index contributed by atoms with van der Waals surface area (Å²) in [5.41, 5.74) is 2.52. The molecule has 0 amide bonds. The van der Waals surface area contributed by atoms with E-state index >= 15 is 0 Å². The van der Waals surface area contributed by atoms with Crippen molar-refractivity contribution in [1.82, 2.24) is 15.1 Å². The molecule has 1 atom stereocenters. The number of aromatic nitrogens is 2. The van der Waals surface area contributed by atoms with E-state index in [0.29, 0.717) is 6.04 Å². The van der Waals surface area contributed by atoms with Gasteiger partial charge in [-0.2, -0.15) is 5.10 Å². The lowest BCUT2D eigenvalue weighted by molar-refractivity contribution is 0.564. The molecular weight excluding hydrogens is 162 g/mol. The number of hydrogen-bond acceptors (Lipinski definition) is 2. The highest BCUT2D eigenvalue weighted by Crippen LogP contribution is 2.08. The number of nitrogens with zero attached hydrogens (tertiary/aromatic N) is 2. The van der Waals surface area contributed by atoms with Crippen LogP contribution in [0.3, 0.4) is 0 Å². The van der Waals surface area contributed by atoms with Crippen LogP contribution in [0.4, 0.5) is 0 Å². The molecule has 0 aliphatic rings. The highest BCUT2D eigenvalue weighted by atomic mass is 15.2. The van der Waals surface area contributed by atoms with E-state index in [1.54, 1.807) is 0 Å². The van der Waals surface area contributed by atoms with Crippen LogP contribution in [0.2, 0.25) is 0 Å². The lowest BCUT2D eigenvalue weighted by Gasteiger charge is -2.08. The predicted octanol–water partition coefficient (Wildman–Crippen LogP) is 1.27. The molecule has 0 fully saturated rings. The van der Waals surface area contributed by atoms with Crippen molar-refractivity contribution in [1.29, 1.82) is 0 Å². The summed E-state index contributed by atoms with van der Waals surface area (Å²) in [6.45, 7) is 4.27. The first-order valence-corrected chi connectivity index (χ1v) is 4.80. The van der Waals surface area contributed by atoms with Crippen molar-refractivity contribution >= 4 is 0 Å². The maximum Gasteiger partial charge on any atom is 0.0625 e. The van der Waals surface area contributed by atoms with Crippen molar-refractivity contribution in [2.45, 2.75) is 32.7 Å². The quantitative estimate of drug-likeness (QED) is 0.758. The molecule has 0 saturated carbocycles. The molecule has 0 radical (unpaired) electrons. The largest absolute Gasteiger partial charge is 0.317 e. The topological polar surface area (TPSA) is 29.9 Å². The van der Waals surface area contributed by atoms with Gasteiger partial charge in [0.05, 0.1) is 5.69 Å². The van der Waals surface area contributed by atoms with Crippen LogP contribution in [0, 0.1) is 6.92 Å². The van der Waals surface area contributed by atoms with Crippen molar-refractivity contribution in [3.63, 3.8) is 0 Å². The fourth-order valence-corrected chi connectivity index (χ4v) is 1.41. The van der Waals surface area contributed by atoms with Crippen molar-refractivity contribution in [3.8, 4) is 0 Å². The van der Waals surface area contributed by atoms with Crippen LogP contribution in [-0.2, 0) is 13.5 Å². The van der Waals surface area contributed by atoms with Crippen molar-refractivity contribution < 1.29 is 0 Å². The maximum atomic E-state index is 4.31. The molecule has 0 aliphatic heterocycles. The summed E-state index contributed by atoms with van der Waals surface area (Å²) in [5, 5.41) is 7.55. The summed E-state index contributed by atoms with van der Waals surface area (Å²) in [4.78, 5) is 0. The molecule has 1 unspecified atom stereocenters. The minimum Gasteiger partial charge on any atom is -0.317 e. The average Bonchev–Trinajstić information content (AvgIpc) is 2.41. The van der Waals surface area contributed by atoms with E-state index in [1.807, 2.05) is 18.8 Å². The molecule has 0 aromatic carbocycles. The lowest BCUT2D eigenvalue weighted by atomic mass is 10.1. The fourth-order valence-electron chi connectivity index (χ4n) is 1.41. The summed E-state index contributed by atoms with van der Waals surface area (Å²) in [6.07, 6.45) is 4.39. The Morgan fingerprint density at radius 1 is 1.62 bits per heavy atom. The summed E-state index contributed by atoms with van der Waals surface area (Å²) in [7, 11) is 3.97. The molecule has 0 aliphatic carbocycles. The van der Waals surface area contributed by atoms with Gasteiger partial charge in [0.1, 0.15) is 0 Å². The van der Waals surface area contributed by atoms with E-state index in [1.165, 1.54) is 12.0 Å². The van der Waals surface area contributed by atoms with Gasteiger partial charge in [0, 0.05) is 19.3 Å². The third kappa shape index (κ3) is 2.84. The van der Waals surface area contributed by atoms with Gasteiger partial charge in [-0.3, -0.25) is 4.68 Å². The standard InChI is InChI=1S/C10H19N3/c1-8(11-3)5-6-10-7-13(4)12-9(10)2/h7-8,11H,5-6H2,1-4H3. The second-order valence-electron chi connectivity index (χ2n) is 3.64. The van der Waals surface area contributed by atoms with Gasteiger partial charge in [0.25, 0.3) is 0 Å². The molecule has 1 heterocycles. The van der Waals surface area contributed by atoms with Gasteiger partial charge >= 0.3 is 0 Å². The fraction of sp³-hybridized carbons (Fsp3) is 0.700. The van der Waals surface area contributed by atoms with Gasteiger partial charge in [-0.15, -0.1) is 0 Å². The zero-order valence-corrected chi connectivity index (χ0v) is 8.96. The van der Waals surface area contributed by atoms with E-state index < -0.39 is 0 Å². The SMILES string of the molecule is CNC(C)CCc1cn(C)nc1C. The predicted molar refractivity (Wildman–Crippen MR) is 54.8 cm³/mol. The molecule has 74 valence electrons. The minimum atomic E-state index is 0.583. The van der Waals surface area contributed by atoms with E-state index in [-0.39, 0.29) is 0 Å². The molecule has 0 spiro atoms. The van der Waals surface area contributed by atoms with Crippen LogP contribution >= 0.6 is 0 Å². The van der Waals surface area contributed by atoms with Crippen LogP contribution in [0.5, 0.6) is 0 Å². The Balaban J connectivity index is 2.49. The molecule has 0 saturated heterocycles. The number of nitrogens with one attached hydrogen (secondary N) is 1. The van der Waals surface area contributed by atoms with Crippen molar-refractivity contribution in [3.05, 3.63) is 17.5 Å². The zero-order valence-electron chi connectivity index (χ0n) is 8.96. The smallest absolute Gasteiger partial charge is 0.0625 e. The van der Waals surface area contributed by atoms with Crippen LogP contribution in [0.25, 0.3) is 0 Å². The molecule has 0 bridgehead atoms. The van der Waals surface area contributed by atoms with Crippen molar-refractivity contribution in [2.75, 3.05) is 7.05 Å². The third-order valence-corrected chi connectivity index (χ3v) is 2.45. The summed E-state index contributed by atoms with van der Waals surface area (Å²) < 4.78 is 1.88. The van der Waals surface area contributed by atoms with E-state index in [0.717, 1.165) is 12.1 Å². The summed E-state index contributed by atoms with van der Waals surface area (Å²) in [5.74, 6) is 0. The monoisotopic (exact) mass is 181 g/mol. The number of aryl methyl sites for hydroxylation is 3. The van der Waals surface area contributed by atoms with Crippen LogP contribution in [-0.4, -0.2) is 22.9 Å². The molecule has 3 nitrogen and oxygen atoms in total. The van der Waals surface area contributed by atoms with Gasteiger partial charge in [-0.1, -0.05) is 0 Å². The van der Waals surface area contributed by atoms with E-state index in [9.17, 15) is 0 Å². The maximum absolute atomic E-state index is 4.31. The Bertz CT molecular complexity index is 265. The average molecular weight is 181 g/mol. The molecule has 1 aromatic rings. The van der Waals surface area contributed by atoms with Gasteiger partial charge < -0.3 is 5.32 Å². The highest BCUT2D eigenvalue weighted by Gasteiger charge is 2.04. The third-order valence-electron chi connectivity index (χ3n) is 2.45.